The fourth-order valence-corrected chi connectivity index (χ4v) is 8.14. The molecule has 0 amide bonds. The van der Waals surface area contributed by atoms with Crippen LogP contribution in [0.25, 0.3) is 33.4 Å². The highest BCUT2D eigenvalue weighted by molar-refractivity contribution is 7.10. The van der Waals surface area contributed by atoms with Crippen molar-refractivity contribution < 1.29 is 0 Å². The lowest BCUT2D eigenvalue weighted by atomic mass is 9.99. The summed E-state index contributed by atoms with van der Waals surface area (Å²) in [7, 11) is 0. The van der Waals surface area contributed by atoms with E-state index in [1.807, 2.05) is 0 Å². The molecular formula is C42H40N2S. The predicted molar refractivity (Wildman–Crippen MR) is 197 cm³/mol. The molecule has 5 aromatic carbocycles. The van der Waals surface area contributed by atoms with Crippen LogP contribution in [0.5, 0.6) is 0 Å². The third kappa shape index (κ3) is 4.87. The van der Waals surface area contributed by atoms with Crippen molar-refractivity contribution in [1.82, 2.24) is 0 Å². The van der Waals surface area contributed by atoms with E-state index < -0.39 is 0 Å². The first kappa shape index (κ1) is 29.1. The molecule has 1 aliphatic heterocycles. The van der Waals surface area contributed by atoms with Gasteiger partial charge in [0, 0.05) is 21.5 Å². The number of fused-ring (bicyclic) bond motifs is 2. The summed E-state index contributed by atoms with van der Waals surface area (Å²) >= 11 is 1.79. The fourth-order valence-electron chi connectivity index (χ4n) is 7.48. The van der Waals surface area contributed by atoms with Gasteiger partial charge < -0.3 is 0 Å². The normalized spacial score (nSPS) is 14.1. The Labute approximate surface area is 270 Å². The molecule has 0 spiro atoms. The zero-order valence-electron chi connectivity index (χ0n) is 27.5. The Morgan fingerprint density at radius 3 is 1.58 bits per heavy atom. The Bertz CT molecular complexity index is 2180. The van der Waals surface area contributed by atoms with Crippen molar-refractivity contribution in [3.63, 3.8) is 0 Å². The number of thiophene rings is 1. The largest absolute Gasteiger partial charge is 0.297 e. The predicted octanol–water partition coefficient (Wildman–Crippen LogP) is 10.1. The number of hydrogen-bond acceptors (Lipinski definition) is 3. The van der Waals surface area contributed by atoms with Gasteiger partial charge in [-0.25, -0.2) is 0 Å². The van der Waals surface area contributed by atoms with Crippen LogP contribution in [0.1, 0.15) is 52.1 Å². The molecular weight excluding hydrogens is 565 g/mol. The zero-order valence-corrected chi connectivity index (χ0v) is 28.4. The van der Waals surface area contributed by atoms with E-state index in [-0.39, 0.29) is 0 Å². The summed E-state index contributed by atoms with van der Waals surface area (Å²) in [6.07, 6.45) is 2.40. The Hall–Kier alpha value is -4.60. The molecule has 7 rings (SSSR count). The maximum absolute atomic E-state index is 2.53. The molecule has 0 atom stereocenters. The quantitative estimate of drug-likeness (QED) is 0.186. The van der Waals surface area contributed by atoms with Crippen LogP contribution >= 0.6 is 11.3 Å². The molecule has 0 radical (unpaired) electrons. The Morgan fingerprint density at radius 2 is 1.07 bits per heavy atom. The summed E-state index contributed by atoms with van der Waals surface area (Å²) in [5.74, 6) is 1.19. The summed E-state index contributed by atoms with van der Waals surface area (Å²) in [5, 5.41) is 9.68. The van der Waals surface area contributed by atoms with Gasteiger partial charge in [0.2, 0.25) is 0 Å². The minimum atomic E-state index is 1.19. The number of nitrogens with zero attached hydrogens (tertiary/aromatic N) is 2. The van der Waals surface area contributed by atoms with Crippen LogP contribution in [-0.2, 0) is 0 Å². The van der Waals surface area contributed by atoms with Gasteiger partial charge in [-0.1, -0.05) is 77.9 Å². The van der Waals surface area contributed by atoms with Crippen LogP contribution in [-0.4, -0.2) is 0 Å². The van der Waals surface area contributed by atoms with Crippen LogP contribution < -0.4 is 20.2 Å². The lowest BCUT2D eigenvalue weighted by Crippen LogP contribution is -2.38. The number of benzene rings is 5. The van der Waals surface area contributed by atoms with E-state index in [0.717, 1.165) is 0 Å². The van der Waals surface area contributed by atoms with E-state index >= 15 is 0 Å². The first-order valence-electron chi connectivity index (χ1n) is 15.8. The summed E-state index contributed by atoms with van der Waals surface area (Å²) in [6, 6.07) is 31.7. The first-order valence-corrected chi connectivity index (χ1v) is 16.6. The molecule has 1 aliphatic rings. The standard InChI is InChI=1S/C42H40N2S/c1-25-18-27(3)40(28(4)19-25)43-31(7)32(8)44(41-29(5)20-26(2)21-30(41)6)42(43)37-16-15-35-22-33-12-9-10-13-34(33)23-38(35)39(37)24-36-14-11-17-45-36/h9-24H,1-8H3. The molecule has 0 saturated carbocycles. The lowest BCUT2D eigenvalue weighted by molar-refractivity contribution is 1.12. The highest BCUT2D eigenvalue weighted by Gasteiger charge is 2.35. The summed E-state index contributed by atoms with van der Waals surface area (Å²) in [4.78, 5) is 6.32. The molecule has 45 heavy (non-hydrogen) atoms. The topological polar surface area (TPSA) is 6.48 Å². The molecule has 0 unspecified atom stereocenters. The molecule has 0 saturated heterocycles. The van der Waals surface area contributed by atoms with Crippen molar-refractivity contribution in [1.29, 1.82) is 0 Å². The minimum absolute atomic E-state index is 1.19. The van der Waals surface area contributed by atoms with Gasteiger partial charge in [0.15, 0.2) is 0 Å². The molecule has 6 aromatic rings. The Kier molecular flexibility index (Phi) is 7.17. The van der Waals surface area contributed by atoms with E-state index in [4.69, 9.17) is 0 Å². The molecule has 1 aromatic heterocycles. The van der Waals surface area contributed by atoms with Crippen LogP contribution in [0.2, 0.25) is 0 Å². The molecule has 0 fully saturated rings. The summed E-state index contributed by atoms with van der Waals surface area (Å²) in [6.45, 7) is 18.0. The monoisotopic (exact) mass is 604 g/mol. The van der Waals surface area contributed by atoms with Crippen LogP contribution in [0.3, 0.4) is 0 Å². The van der Waals surface area contributed by atoms with Crippen molar-refractivity contribution in [2.24, 2.45) is 0 Å². The van der Waals surface area contributed by atoms with Gasteiger partial charge in [-0.15, -0.1) is 11.3 Å². The molecule has 0 bridgehead atoms. The van der Waals surface area contributed by atoms with Crippen LogP contribution in [0, 0.1) is 41.5 Å². The second kappa shape index (κ2) is 11.1. The van der Waals surface area contributed by atoms with Crippen molar-refractivity contribution >= 4 is 56.2 Å². The Balaban J connectivity index is 1.70. The van der Waals surface area contributed by atoms with Gasteiger partial charge in [0.05, 0.1) is 11.4 Å². The molecule has 0 aliphatic carbocycles. The van der Waals surface area contributed by atoms with Gasteiger partial charge in [-0.3, -0.25) is 9.80 Å². The van der Waals surface area contributed by atoms with Crippen molar-refractivity contribution in [3.8, 4) is 0 Å². The average molecular weight is 605 g/mol. The van der Waals surface area contributed by atoms with E-state index in [9.17, 15) is 0 Å². The van der Waals surface area contributed by atoms with Crippen molar-refractivity contribution in [2.45, 2.75) is 55.4 Å². The van der Waals surface area contributed by atoms with Gasteiger partial charge >= 0.3 is 0 Å². The first-order chi connectivity index (χ1) is 21.6. The maximum Gasteiger partial charge on any atom is 0.130 e. The van der Waals surface area contributed by atoms with Crippen LogP contribution in [0.4, 0.5) is 11.4 Å². The number of rotatable bonds is 3. The van der Waals surface area contributed by atoms with Gasteiger partial charge in [0.25, 0.3) is 0 Å². The van der Waals surface area contributed by atoms with Crippen molar-refractivity contribution in [2.75, 3.05) is 9.80 Å². The average Bonchev–Trinajstić information content (AvgIpc) is 3.58. The maximum atomic E-state index is 2.53. The number of allylic oxidation sites excluding steroid dienone is 2. The van der Waals surface area contributed by atoms with E-state index in [2.05, 4.69) is 162 Å². The van der Waals surface area contributed by atoms with E-state index in [1.54, 1.807) is 11.3 Å². The highest BCUT2D eigenvalue weighted by Crippen LogP contribution is 2.44. The SMILES string of the molecule is CC1=C(C)N(c2c(C)cc(C)cc2C)C(=c2ccc3cc4ccccc4cc3c2=Cc2cccs2)N1c1c(C)cc(C)cc1C. The fraction of sp³-hybridized carbons (Fsp3) is 0.190. The third-order valence-corrected chi connectivity index (χ3v) is 10.2. The third-order valence-electron chi connectivity index (χ3n) is 9.33. The second-order valence-corrected chi connectivity index (χ2v) is 13.7. The molecule has 224 valence electrons. The van der Waals surface area contributed by atoms with E-state index in [1.165, 1.54) is 98.8 Å². The molecule has 2 nitrogen and oxygen atoms in total. The molecule has 3 heteroatoms. The lowest BCUT2D eigenvalue weighted by Gasteiger charge is -2.32. The summed E-state index contributed by atoms with van der Waals surface area (Å²) < 4.78 is 0. The second-order valence-electron chi connectivity index (χ2n) is 12.8. The zero-order chi connectivity index (χ0) is 31.6. The van der Waals surface area contributed by atoms with Crippen molar-refractivity contribution in [3.05, 3.63) is 150 Å². The number of hydrogen-bond donors (Lipinski definition) is 0. The minimum Gasteiger partial charge on any atom is -0.297 e. The summed E-state index contributed by atoms with van der Waals surface area (Å²) in [5.41, 5.74) is 12.7. The molecule has 0 N–H and O–H groups in total. The number of aryl methyl sites for hydroxylation is 6. The van der Waals surface area contributed by atoms with E-state index in [0.29, 0.717) is 0 Å². The Morgan fingerprint density at radius 1 is 0.533 bits per heavy atom. The highest BCUT2D eigenvalue weighted by atomic mass is 32.1. The number of anilines is 2. The van der Waals surface area contributed by atoms with Crippen LogP contribution in [0.15, 0.2) is 102 Å². The molecule has 2 heterocycles. The van der Waals surface area contributed by atoms with Gasteiger partial charge in [-0.2, -0.15) is 0 Å². The van der Waals surface area contributed by atoms with Gasteiger partial charge in [-0.05, 0) is 134 Å². The smallest absolute Gasteiger partial charge is 0.130 e. The van der Waals surface area contributed by atoms with Gasteiger partial charge in [0.1, 0.15) is 5.82 Å².